The maximum atomic E-state index is 11.7. The van der Waals surface area contributed by atoms with Gasteiger partial charge in [-0.1, -0.05) is 16.6 Å². The number of hydrogen-bond donors (Lipinski definition) is 3. The van der Waals surface area contributed by atoms with Gasteiger partial charge in [-0.05, 0) is 23.8 Å². The van der Waals surface area contributed by atoms with Crippen molar-refractivity contribution in [1.82, 2.24) is 9.59 Å². The molecule has 1 aromatic heterocycles. The molecular weight excluding hydrogens is 280 g/mol. The highest BCUT2D eigenvalue weighted by Gasteiger charge is 2.04. The molecule has 0 spiro atoms. The number of nitrogens with one attached hydrogen (secondary N) is 2. The monoisotopic (exact) mass is 290 g/mol. The number of carbonyl (C=O) groups is 2. The quantitative estimate of drug-likeness (QED) is 0.749. The minimum absolute atomic E-state index is 0.421. The molecule has 2 aromatic rings. The number of anilines is 2. The first kappa shape index (κ1) is 13.7. The fraction of sp³-hybridized carbons (Fsp3) is 0. The molecule has 3 N–H and O–H groups in total. The second-order valence-electron chi connectivity index (χ2n) is 3.66. The summed E-state index contributed by atoms with van der Waals surface area (Å²) in [6.45, 7) is 0. The Balaban J connectivity index is 2.00. The Morgan fingerprint density at radius 2 is 2.15 bits per heavy atom. The zero-order chi connectivity index (χ0) is 14.4. The average Bonchev–Trinajstić information content (AvgIpc) is 2.89. The smallest absolute Gasteiger partial charge is 0.328 e. The molecule has 0 atom stereocenters. The fourth-order valence-corrected chi connectivity index (χ4v) is 1.80. The van der Waals surface area contributed by atoms with E-state index in [2.05, 4.69) is 20.2 Å². The van der Waals surface area contributed by atoms with Crippen LogP contribution in [0.25, 0.3) is 6.08 Å². The SMILES string of the molecule is O=C(O)/C=C/c1cccc(NC(=O)Nc2cnns2)c1. The van der Waals surface area contributed by atoms with Gasteiger partial charge < -0.3 is 10.4 Å². The van der Waals surface area contributed by atoms with Gasteiger partial charge in [-0.2, -0.15) is 0 Å². The molecule has 20 heavy (non-hydrogen) atoms. The number of aromatic nitrogens is 2. The fourth-order valence-electron chi connectivity index (χ4n) is 1.38. The van der Waals surface area contributed by atoms with Crippen molar-refractivity contribution in [2.45, 2.75) is 0 Å². The van der Waals surface area contributed by atoms with Crippen LogP contribution in [-0.4, -0.2) is 26.7 Å². The standard InChI is InChI=1S/C12H10N4O3S/c17-11(18)5-4-8-2-1-3-9(6-8)14-12(19)15-10-7-13-16-20-10/h1-7H,(H,17,18)(H2,14,15,19)/b5-4+. The summed E-state index contributed by atoms with van der Waals surface area (Å²) in [4.78, 5) is 22.1. The summed E-state index contributed by atoms with van der Waals surface area (Å²) in [5.74, 6) is -1.03. The largest absolute Gasteiger partial charge is 0.478 e. The van der Waals surface area contributed by atoms with Gasteiger partial charge in [-0.25, -0.2) is 9.59 Å². The summed E-state index contributed by atoms with van der Waals surface area (Å²) in [6.07, 6.45) is 3.91. The highest BCUT2D eigenvalue weighted by atomic mass is 32.1. The lowest BCUT2D eigenvalue weighted by Gasteiger charge is -2.05. The predicted octanol–water partition coefficient (Wildman–Crippen LogP) is 2.28. The maximum absolute atomic E-state index is 11.7. The molecule has 102 valence electrons. The van der Waals surface area contributed by atoms with E-state index in [1.807, 2.05) is 0 Å². The van der Waals surface area contributed by atoms with Crippen molar-refractivity contribution in [3.63, 3.8) is 0 Å². The highest BCUT2D eigenvalue weighted by Crippen LogP contribution is 2.14. The van der Waals surface area contributed by atoms with E-state index in [4.69, 9.17) is 5.11 Å². The third-order valence-corrected chi connectivity index (χ3v) is 2.74. The van der Waals surface area contributed by atoms with Crippen molar-refractivity contribution in [1.29, 1.82) is 0 Å². The second-order valence-corrected chi connectivity index (χ2v) is 4.44. The van der Waals surface area contributed by atoms with E-state index in [0.29, 0.717) is 16.3 Å². The number of amides is 2. The van der Waals surface area contributed by atoms with Crippen LogP contribution in [-0.2, 0) is 4.79 Å². The van der Waals surface area contributed by atoms with Gasteiger partial charge in [-0.3, -0.25) is 5.32 Å². The van der Waals surface area contributed by atoms with E-state index in [9.17, 15) is 9.59 Å². The molecule has 0 radical (unpaired) electrons. The molecule has 0 bridgehead atoms. The van der Waals surface area contributed by atoms with Gasteiger partial charge in [0.1, 0.15) is 5.00 Å². The van der Waals surface area contributed by atoms with Crippen LogP contribution in [0.5, 0.6) is 0 Å². The molecule has 8 heteroatoms. The number of rotatable bonds is 4. The van der Waals surface area contributed by atoms with E-state index in [1.54, 1.807) is 24.3 Å². The van der Waals surface area contributed by atoms with E-state index >= 15 is 0 Å². The van der Waals surface area contributed by atoms with Crippen LogP contribution in [0.2, 0.25) is 0 Å². The van der Waals surface area contributed by atoms with Gasteiger partial charge in [0.25, 0.3) is 0 Å². The van der Waals surface area contributed by atoms with E-state index < -0.39 is 12.0 Å². The first-order chi connectivity index (χ1) is 9.63. The number of hydrogen-bond acceptors (Lipinski definition) is 5. The Hall–Kier alpha value is -2.74. The zero-order valence-electron chi connectivity index (χ0n) is 10.1. The molecule has 2 amide bonds. The number of benzene rings is 1. The molecule has 0 fully saturated rings. The van der Waals surface area contributed by atoms with E-state index in [0.717, 1.165) is 17.6 Å². The van der Waals surface area contributed by atoms with Crippen molar-refractivity contribution >= 4 is 40.3 Å². The van der Waals surface area contributed by atoms with Crippen LogP contribution >= 0.6 is 11.5 Å². The number of nitrogens with zero attached hydrogens (tertiary/aromatic N) is 2. The number of carboxylic acids is 1. The van der Waals surface area contributed by atoms with E-state index in [-0.39, 0.29) is 0 Å². The van der Waals surface area contributed by atoms with Crippen LogP contribution in [0.1, 0.15) is 5.56 Å². The van der Waals surface area contributed by atoms with Gasteiger partial charge in [0.2, 0.25) is 0 Å². The Morgan fingerprint density at radius 1 is 1.30 bits per heavy atom. The lowest BCUT2D eigenvalue weighted by Crippen LogP contribution is -2.18. The molecule has 0 aliphatic heterocycles. The Labute approximate surface area is 118 Å². The minimum Gasteiger partial charge on any atom is -0.478 e. The molecule has 0 saturated carbocycles. The third-order valence-electron chi connectivity index (χ3n) is 2.16. The molecule has 1 heterocycles. The molecule has 0 unspecified atom stereocenters. The van der Waals surface area contributed by atoms with Crippen LogP contribution in [0, 0.1) is 0 Å². The molecule has 0 aliphatic rings. The lowest BCUT2D eigenvalue weighted by atomic mass is 10.2. The summed E-state index contributed by atoms with van der Waals surface area (Å²) < 4.78 is 3.62. The number of carboxylic acid groups (broad SMARTS) is 1. The van der Waals surface area contributed by atoms with Gasteiger partial charge in [0.15, 0.2) is 0 Å². The van der Waals surface area contributed by atoms with Crippen molar-refractivity contribution in [3.05, 3.63) is 42.1 Å². The lowest BCUT2D eigenvalue weighted by molar-refractivity contribution is -0.131. The minimum atomic E-state index is -1.03. The average molecular weight is 290 g/mol. The summed E-state index contributed by atoms with van der Waals surface area (Å²) >= 11 is 1.07. The van der Waals surface area contributed by atoms with Crippen molar-refractivity contribution in [2.24, 2.45) is 0 Å². The Bertz CT molecular complexity index is 640. The van der Waals surface area contributed by atoms with Crippen molar-refractivity contribution in [2.75, 3.05) is 10.6 Å². The first-order valence-electron chi connectivity index (χ1n) is 5.50. The van der Waals surface area contributed by atoms with Crippen LogP contribution in [0.4, 0.5) is 15.5 Å². The topological polar surface area (TPSA) is 104 Å². The van der Waals surface area contributed by atoms with Gasteiger partial charge >= 0.3 is 12.0 Å². The third kappa shape index (κ3) is 4.18. The molecule has 1 aromatic carbocycles. The summed E-state index contributed by atoms with van der Waals surface area (Å²) in [5, 5.41) is 17.9. The summed E-state index contributed by atoms with van der Waals surface area (Å²) in [5.41, 5.74) is 1.22. The van der Waals surface area contributed by atoms with Gasteiger partial charge in [0, 0.05) is 23.3 Å². The summed E-state index contributed by atoms with van der Waals surface area (Å²) in [7, 11) is 0. The highest BCUT2D eigenvalue weighted by molar-refractivity contribution is 7.10. The van der Waals surface area contributed by atoms with E-state index in [1.165, 1.54) is 12.3 Å². The van der Waals surface area contributed by atoms with Crippen LogP contribution in [0.15, 0.2) is 36.5 Å². The van der Waals surface area contributed by atoms with Crippen LogP contribution in [0.3, 0.4) is 0 Å². The summed E-state index contributed by atoms with van der Waals surface area (Å²) in [6, 6.07) is 6.38. The molecule has 0 aliphatic carbocycles. The maximum Gasteiger partial charge on any atom is 0.328 e. The number of carbonyl (C=O) groups excluding carboxylic acids is 1. The van der Waals surface area contributed by atoms with Gasteiger partial charge in [-0.15, -0.1) is 5.10 Å². The van der Waals surface area contributed by atoms with Crippen molar-refractivity contribution < 1.29 is 14.7 Å². The van der Waals surface area contributed by atoms with Crippen molar-refractivity contribution in [3.8, 4) is 0 Å². The van der Waals surface area contributed by atoms with Crippen LogP contribution < -0.4 is 10.6 Å². The second kappa shape index (κ2) is 6.43. The molecule has 7 nitrogen and oxygen atoms in total. The normalized spacial score (nSPS) is 10.4. The number of urea groups is 1. The first-order valence-corrected chi connectivity index (χ1v) is 6.27. The zero-order valence-corrected chi connectivity index (χ0v) is 10.9. The predicted molar refractivity (Wildman–Crippen MR) is 75.7 cm³/mol. The Morgan fingerprint density at radius 3 is 2.85 bits per heavy atom. The Kier molecular flexibility index (Phi) is 4.40. The molecule has 0 saturated heterocycles. The number of aliphatic carboxylic acids is 1. The molecular formula is C12H10N4O3S. The van der Waals surface area contributed by atoms with Gasteiger partial charge in [0.05, 0.1) is 6.20 Å². The molecule has 2 rings (SSSR count).